The van der Waals surface area contributed by atoms with E-state index in [1.54, 1.807) is 32.2 Å². The lowest BCUT2D eigenvalue weighted by Crippen LogP contribution is -2.15. The maximum absolute atomic E-state index is 10.4. The number of carbonyl (C=O) groups is 1. The molecular formula is C7H14N2O2. The van der Waals surface area contributed by atoms with Crippen molar-refractivity contribution in [3.8, 4) is 0 Å². The van der Waals surface area contributed by atoms with Crippen molar-refractivity contribution in [2.75, 3.05) is 14.1 Å². The summed E-state index contributed by atoms with van der Waals surface area (Å²) in [5.41, 5.74) is 0. The van der Waals surface area contributed by atoms with Crippen LogP contribution in [0.3, 0.4) is 0 Å². The van der Waals surface area contributed by atoms with Crippen LogP contribution >= 0.6 is 0 Å². The van der Waals surface area contributed by atoms with E-state index < -0.39 is 0 Å². The molecule has 4 nitrogen and oxygen atoms in total. The second kappa shape index (κ2) is 4.71. The fourth-order valence-corrected chi connectivity index (χ4v) is 0.519. The van der Waals surface area contributed by atoms with Crippen LogP contribution in [0.4, 0.5) is 0 Å². The fourth-order valence-electron chi connectivity index (χ4n) is 0.519. The van der Waals surface area contributed by atoms with Gasteiger partial charge >= 0.3 is 5.97 Å². The van der Waals surface area contributed by atoms with Gasteiger partial charge in [0.05, 0.1) is 6.21 Å². The van der Waals surface area contributed by atoms with Crippen molar-refractivity contribution >= 4 is 12.2 Å². The summed E-state index contributed by atoms with van der Waals surface area (Å²) in [6.07, 6.45) is 1.32. The molecule has 0 amide bonds. The van der Waals surface area contributed by atoms with Gasteiger partial charge in [0.15, 0.2) is 0 Å². The van der Waals surface area contributed by atoms with Crippen LogP contribution in [0.1, 0.15) is 13.8 Å². The number of hydrazone groups is 1. The Morgan fingerprint density at radius 3 is 2.55 bits per heavy atom. The lowest BCUT2D eigenvalue weighted by molar-refractivity contribution is -0.142. The molecule has 0 aliphatic carbocycles. The molecule has 1 unspecified atom stereocenters. The monoisotopic (exact) mass is 158 g/mol. The van der Waals surface area contributed by atoms with Gasteiger partial charge in [-0.15, -0.1) is 0 Å². The standard InChI is InChI=1S/C7H14N2O2/c1-6(11-7(2)10)5-8-9(3)4/h5-6H,1-4H3. The highest BCUT2D eigenvalue weighted by atomic mass is 16.5. The molecule has 0 fully saturated rings. The maximum atomic E-state index is 10.4. The summed E-state index contributed by atoms with van der Waals surface area (Å²) < 4.78 is 4.79. The predicted molar refractivity (Wildman–Crippen MR) is 43.4 cm³/mol. The van der Waals surface area contributed by atoms with E-state index in [4.69, 9.17) is 4.74 Å². The van der Waals surface area contributed by atoms with Crippen LogP contribution in [0.5, 0.6) is 0 Å². The molecule has 4 heteroatoms. The van der Waals surface area contributed by atoms with E-state index in [1.165, 1.54) is 6.92 Å². The fraction of sp³-hybridized carbons (Fsp3) is 0.714. The third-order valence-corrected chi connectivity index (χ3v) is 0.859. The van der Waals surface area contributed by atoms with Crippen LogP contribution < -0.4 is 0 Å². The van der Waals surface area contributed by atoms with Crippen LogP contribution in [-0.4, -0.2) is 37.4 Å². The Hall–Kier alpha value is -1.06. The highest BCUT2D eigenvalue weighted by molar-refractivity contribution is 5.71. The number of nitrogens with zero attached hydrogens (tertiary/aromatic N) is 2. The van der Waals surface area contributed by atoms with E-state index in [9.17, 15) is 4.79 Å². The minimum atomic E-state index is -0.289. The molecule has 1 atom stereocenters. The summed E-state index contributed by atoms with van der Waals surface area (Å²) in [5.74, 6) is -0.289. The van der Waals surface area contributed by atoms with E-state index in [0.29, 0.717) is 0 Å². The second-order valence-corrected chi connectivity index (χ2v) is 2.43. The topological polar surface area (TPSA) is 41.9 Å². The van der Waals surface area contributed by atoms with Gasteiger partial charge < -0.3 is 9.75 Å². The molecule has 11 heavy (non-hydrogen) atoms. The second-order valence-electron chi connectivity index (χ2n) is 2.43. The van der Waals surface area contributed by atoms with Gasteiger partial charge in [-0.05, 0) is 6.92 Å². The van der Waals surface area contributed by atoms with Crippen molar-refractivity contribution in [1.29, 1.82) is 0 Å². The Morgan fingerprint density at radius 2 is 2.18 bits per heavy atom. The molecule has 0 heterocycles. The number of esters is 1. The van der Waals surface area contributed by atoms with Crippen molar-refractivity contribution in [3.63, 3.8) is 0 Å². The first-order chi connectivity index (χ1) is 5.02. The molecule has 0 aliphatic rings. The Bertz CT molecular complexity index is 155. The average Bonchev–Trinajstić information content (AvgIpc) is 1.82. The highest BCUT2D eigenvalue weighted by Gasteiger charge is 1.99. The molecule has 0 rings (SSSR count). The lowest BCUT2D eigenvalue weighted by atomic mass is 10.4. The Kier molecular flexibility index (Phi) is 4.26. The van der Waals surface area contributed by atoms with Crippen LogP contribution in [0.25, 0.3) is 0 Å². The predicted octanol–water partition coefficient (Wildman–Crippen LogP) is 0.485. The zero-order valence-electron chi connectivity index (χ0n) is 7.37. The first kappa shape index (κ1) is 9.94. The van der Waals surface area contributed by atoms with Crippen molar-refractivity contribution in [3.05, 3.63) is 0 Å². The summed E-state index contributed by atoms with van der Waals surface area (Å²) in [4.78, 5) is 10.4. The van der Waals surface area contributed by atoms with E-state index in [2.05, 4.69) is 5.10 Å². The van der Waals surface area contributed by atoms with Gasteiger partial charge in [0.2, 0.25) is 0 Å². The SMILES string of the molecule is CC(=O)OC(C)C=NN(C)C. The number of hydrogen-bond donors (Lipinski definition) is 0. The molecule has 0 aromatic rings. The van der Waals surface area contributed by atoms with Gasteiger partial charge in [-0.3, -0.25) is 4.79 Å². The van der Waals surface area contributed by atoms with Gasteiger partial charge in [-0.1, -0.05) is 0 Å². The molecule has 0 N–H and O–H groups in total. The molecule has 0 aromatic heterocycles. The molecule has 0 saturated heterocycles. The summed E-state index contributed by atoms with van der Waals surface area (Å²) in [7, 11) is 3.61. The van der Waals surface area contributed by atoms with E-state index in [0.717, 1.165) is 0 Å². The number of ether oxygens (including phenoxy) is 1. The van der Waals surface area contributed by atoms with Crippen molar-refractivity contribution in [1.82, 2.24) is 5.01 Å². The molecule has 0 aliphatic heterocycles. The zero-order chi connectivity index (χ0) is 8.85. The molecule has 0 aromatic carbocycles. The summed E-state index contributed by atoms with van der Waals surface area (Å²) >= 11 is 0. The van der Waals surface area contributed by atoms with Crippen LogP contribution in [0.15, 0.2) is 5.10 Å². The minimum Gasteiger partial charge on any atom is -0.457 e. The average molecular weight is 158 g/mol. The first-order valence-corrected chi connectivity index (χ1v) is 3.41. The van der Waals surface area contributed by atoms with Gasteiger partial charge in [0.1, 0.15) is 6.10 Å². The van der Waals surface area contributed by atoms with Crippen LogP contribution in [-0.2, 0) is 9.53 Å². The maximum Gasteiger partial charge on any atom is 0.303 e. The van der Waals surface area contributed by atoms with Crippen molar-refractivity contribution in [2.45, 2.75) is 20.0 Å². The van der Waals surface area contributed by atoms with Crippen molar-refractivity contribution < 1.29 is 9.53 Å². The lowest BCUT2D eigenvalue weighted by Gasteiger charge is -2.07. The van der Waals surface area contributed by atoms with E-state index >= 15 is 0 Å². The van der Waals surface area contributed by atoms with E-state index in [1.807, 2.05) is 0 Å². The normalized spacial score (nSPS) is 13.1. The van der Waals surface area contributed by atoms with Crippen LogP contribution in [0.2, 0.25) is 0 Å². The smallest absolute Gasteiger partial charge is 0.303 e. The number of rotatable bonds is 3. The zero-order valence-corrected chi connectivity index (χ0v) is 7.37. The van der Waals surface area contributed by atoms with Gasteiger partial charge in [0.25, 0.3) is 0 Å². The molecule has 0 saturated carbocycles. The molecular weight excluding hydrogens is 144 g/mol. The Labute approximate surface area is 66.8 Å². The molecule has 0 spiro atoms. The summed E-state index contributed by atoms with van der Waals surface area (Å²) in [6, 6.07) is 0. The largest absolute Gasteiger partial charge is 0.457 e. The molecule has 64 valence electrons. The van der Waals surface area contributed by atoms with Gasteiger partial charge in [-0.25, -0.2) is 0 Å². The van der Waals surface area contributed by atoms with Crippen molar-refractivity contribution in [2.24, 2.45) is 5.10 Å². The third-order valence-electron chi connectivity index (χ3n) is 0.859. The molecule has 0 radical (unpaired) electrons. The van der Waals surface area contributed by atoms with E-state index in [-0.39, 0.29) is 12.1 Å². The van der Waals surface area contributed by atoms with Gasteiger partial charge in [0, 0.05) is 21.0 Å². The summed E-state index contributed by atoms with van der Waals surface area (Å²) in [5, 5.41) is 5.55. The first-order valence-electron chi connectivity index (χ1n) is 3.41. The third kappa shape index (κ3) is 6.83. The highest BCUT2D eigenvalue weighted by Crippen LogP contribution is 1.87. The summed E-state index contributed by atoms with van der Waals surface area (Å²) in [6.45, 7) is 3.13. The number of hydrogen-bond acceptors (Lipinski definition) is 4. The minimum absolute atomic E-state index is 0.255. The Morgan fingerprint density at radius 1 is 1.64 bits per heavy atom. The Balaban J connectivity index is 3.68. The quantitative estimate of drug-likeness (QED) is 0.341. The number of carbonyl (C=O) groups excluding carboxylic acids is 1. The molecule has 0 bridgehead atoms. The van der Waals surface area contributed by atoms with Crippen LogP contribution in [0, 0.1) is 0 Å². The van der Waals surface area contributed by atoms with Gasteiger partial charge in [-0.2, -0.15) is 5.10 Å².